The van der Waals surface area contributed by atoms with E-state index in [0.717, 1.165) is 12.8 Å². The minimum atomic E-state index is -3.20. The molecule has 0 bridgehead atoms. The number of aliphatic hydroxyl groups is 1. The fourth-order valence-electron chi connectivity index (χ4n) is 1.72. The molecular formula is C13H21NO3S. The second-order valence-electron chi connectivity index (χ2n) is 4.17. The molecule has 0 spiro atoms. The Labute approximate surface area is 109 Å². The Morgan fingerprint density at radius 2 is 1.94 bits per heavy atom. The molecule has 1 rings (SSSR count). The zero-order valence-corrected chi connectivity index (χ0v) is 11.5. The summed E-state index contributed by atoms with van der Waals surface area (Å²) in [5.41, 5.74) is 0.656. The average Bonchev–Trinajstić information content (AvgIpc) is 2.35. The summed E-state index contributed by atoms with van der Waals surface area (Å²) in [4.78, 5) is 0.371. The van der Waals surface area contributed by atoms with Gasteiger partial charge in [0.2, 0.25) is 0 Å². The van der Waals surface area contributed by atoms with Crippen LogP contribution >= 0.6 is 0 Å². The van der Waals surface area contributed by atoms with Gasteiger partial charge >= 0.3 is 0 Å². The summed E-state index contributed by atoms with van der Waals surface area (Å²) in [6, 6.07) is 6.97. The SMILES string of the molecule is CCCS(=O)(=O)c1ccccc1NCCCCO. The van der Waals surface area contributed by atoms with Crippen LogP contribution in [-0.2, 0) is 9.84 Å². The zero-order valence-electron chi connectivity index (χ0n) is 10.7. The highest BCUT2D eigenvalue weighted by atomic mass is 32.2. The van der Waals surface area contributed by atoms with Gasteiger partial charge in [0.15, 0.2) is 9.84 Å². The third-order valence-electron chi connectivity index (χ3n) is 2.60. The number of benzene rings is 1. The van der Waals surface area contributed by atoms with Gasteiger partial charge in [-0.15, -0.1) is 0 Å². The predicted molar refractivity (Wildman–Crippen MR) is 73.6 cm³/mol. The van der Waals surface area contributed by atoms with Crippen LogP contribution in [0.15, 0.2) is 29.2 Å². The molecule has 102 valence electrons. The lowest BCUT2D eigenvalue weighted by Crippen LogP contribution is -2.11. The highest BCUT2D eigenvalue weighted by Crippen LogP contribution is 2.22. The summed E-state index contributed by atoms with van der Waals surface area (Å²) in [6.07, 6.45) is 2.15. The Bertz CT molecular complexity index is 457. The largest absolute Gasteiger partial charge is 0.396 e. The summed E-state index contributed by atoms with van der Waals surface area (Å²) < 4.78 is 24.1. The minimum Gasteiger partial charge on any atom is -0.396 e. The Kier molecular flexibility index (Phi) is 6.15. The van der Waals surface area contributed by atoms with Crippen LogP contribution in [0.2, 0.25) is 0 Å². The fourth-order valence-corrected chi connectivity index (χ4v) is 3.24. The van der Waals surface area contributed by atoms with Crippen LogP contribution in [0.25, 0.3) is 0 Å². The fraction of sp³-hybridized carbons (Fsp3) is 0.538. The van der Waals surface area contributed by atoms with E-state index < -0.39 is 9.84 Å². The molecule has 0 amide bonds. The summed E-state index contributed by atoms with van der Waals surface area (Å²) in [5.74, 6) is 0.169. The molecule has 0 saturated carbocycles. The summed E-state index contributed by atoms with van der Waals surface area (Å²) in [6.45, 7) is 2.69. The van der Waals surface area contributed by atoms with Crippen LogP contribution < -0.4 is 5.32 Å². The molecule has 18 heavy (non-hydrogen) atoms. The van der Waals surface area contributed by atoms with E-state index in [1.54, 1.807) is 18.2 Å². The zero-order chi connectivity index (χ0) is 13.4. The number of aliphatic hydroxyl groups excluding tert-OH is 1. The third kappa shape index (κ3) is 4.31. The van der Waals surface area contributed by atoms with E-state index in [2.05, 4.69) is 5.32 Å². The molecule has 0 atom stereocenters. The number of unbranched alkanes of at least 4 members (excludes halogenated alkanes) is 1. The van der Waals surface area contributed by atoms with Gasteiger partial charge in [-0.3, -0.25) is 0 Å². The van der Waals surface area contributed by atoms with Crippen molar-refractivity contribution in [3.8, 4) is 0 Å². The van der Waals surface area contributed by atoms with Crippen molar-refractivity contribution in [2.45, 2.75) is 31.1 Å². The van der Waals surface area contributed by atoms with E-state index in [0.29, 0.717) is 23.5 Å². The number of sulfone groups is 1. The van der Waals surface area contributed by atoms with Gasteiger partial charge in [-0.2, -0.15) is 0 Å². The van der Waals surface area contributed by atoms with Crippen molar-refractivity contribution < 1.29 is 13.5 Å². The van der Waals surface area contributed by atoms with Crippen molar-refractivity contribution in [1.82, 2.24) is 0 Å². The maximum absolute atomic E-state index is 12.1. The van der Waals surface area contributed by atoms with Gasteiger partial charge in [0.05, 0.1) is 16.3 Å². The Balaban J connectivity index is 2.80. The number of rotatable bonds is 8. The first kappa shape index (κ1) is 15.0. The molecule has 0 aliphatic carbocycles. The smallest absolute Gasteiger partial charge is 0.180 e. The van der Waals surface area contributed by atoms with Crippen LogP contribution in [0.1, 0.15) is 26.2 Å². The Hall–Kier alpha value is -1.07. The van der Waals surface area contributed by atoms with Crippen molar-refractivity contribution in [3.63, 3.8) is 0 Å². The molecule has 5 heteroatoms. The van der Waals surface area contributed by atoms with Crippen molar-refractivity contribution in [1.29, 1.82) is 0 Å². The standard InChI is InChI=1S/C13H21NO3S/c1-2-11-18(16,17)13-8-4-3-7-12(13)14-9-5-6-10-15/h3-4,7-8,14-15H,2,5-6,9-11H2,1H3. The molecule has 0 aliphatic heterocycles. The van der Waals surface area contributed by atoms with Crippen molar-refractivity contribution >= 4 is 15.5 Å². The average molecular weight is 271 g/mol. The van der Waals surface area contributed by atoms with E-state index in [1.807, 2.05) is 13.0 Å². The molecule has 0 aromatic heterocycles. The number of hydrogen-bond acceptors (Lipinski definition) is 4. The second kappa shape index (κ2) is 7.38. The van der Waals surface area contributed by atoms with Crippen LogP contribution in [0.3, 0.4) is 0 Å². The molecule has 0 aliphatic rings. The first-order valence-electron chi connectivity index (χ1n) is 6.28. The van der Waals surface area contributed by atoms with E-state index in [1.165, 1.54) is 0 Å². The van der Waals surface area contributed by atoms with Gasteiger partial charge in [-0.1, -0.05) is 19.1 Å². The molecule has 4 nitrogen and oxygen atoms in total. The van der Waals surface area contributed by atoms with Gasteiger partial charge in [0.1, 0.15) is 0 Å². The highest BCUT2D eigenvalue weighted by Gasteiger charge is 2.16. The summed E-state index contributed by atoms with van der Waals surface area (Å²) >= 11 is 0. The topological polar surface area (TPSA) is 66.4 Å². The molecule has 1 aromatic carbocycles. The van der Waals surface area contributed by atoms with Crippen LogP contribution in [0.4, 0.5) is 5.69 Å². The van der Waals surface area contributed by atoms with Crippen molar-refractivity contribution in [2.75, 3.05) is 24.2 Å². The van der Waals surface area contributed by atoms with Gasteiger partial charge in [-0.25, -0.2) is 8.42 Å². The molecule has 0 heterocycles. The molecule has 0 unspecified atom stereocenters. The monoisotopic (exact) mass is 271 g/mol. The van der Waals surface area contributed by atoms with E-state index >= 15 is 0 Å². The first-order chi connectivity index (χ1) is 8.61. The van der Waals surface area contributed by atoms with Crippen LogP contribution in [-0.4, -0.2) is 32.4 Å². The van der Waals surface area contributed by atoms with Crippen molar-refractivity contribution in [2.24, 2.45) is 0 Å². The second-order valence-corrected chi connectivity index (χ2v) is 6.25. The summed E-state index contributed by atoms with van der Waals surface area (Å²) in [7, 11) is -3.20. The predicted octanol–water partition coefficient (Wildman–Crippen LogP) is 2.05. The quantitative estimate of drug-likeness (QED) is 0.710. The Morgan fingerprint density at radius 1 is 1.22 bits per heavy atom. The maximum Gasteiger partial charge on any atom is 0.180 e. The minimum absolute atomic E-state index is 0.164. The third-order valence-corrected chi connectivity index (χ3v) is 4.57. The van der Waals surface area contributed by atoms with E-state index in [-0.39, 0.29) is 12.4 Å². The van der Waals surface area contributed by atoms with Crippen LogP contribution in [0.5, 0.6) is 0 Å². The maximum atomic E-state index is 12.1. The molecule has 1 aromatic rings. The lowest BCUT2D eigenvalue weighted by Gasteiger charge is -2.11. The number of para-hydroxylation sites is 1. The normalized spacial score (nSPS) is 11.4. The Morgan fingerprint density at radius 3 is 2.61 bits per heavy atom. The van der Waals surface area contributed by atoms with Crippen LogP contribution in [0, 0.1) is 0 Å². The first-order valence-corrected chi connectivity index (χ1v) is 7.93. The lowest BCUT2D eigenvalue weighted by atomic mass is 10.3. The number of hydrogen-bond donors (Lipinski definition) is 2. The molecule has 2 N–H and O–H groups in total. The lowest BCUT2D eigenvalue weighted by molar-refractivity contribution is 0.286. The van der Waals surface area contributed by atoms with Gasteiger partial charge < -0.3 is 10.4 Å². The van der Waals surface area contributed by atoms with E-state index in [4.69, 9.17) is 5.11 Å². The molecule has 0 fully saturated rings. The number of nitrogens with one attached hydrogen (secondary N) is 1. The van der Waals surface area contributed by atoms with Crippen molar-refractivity contribution in [3.05, 3.63) is 24.3 Å². The van der Waals surface area contributed by atoms with Gasteiger partial charge in [0.25, 0.3) is 0 Å². The molecular weight excluding hydrogens is 250 g/mol. The van der Waals surface area contributed by atoms with Gasteiger partial charge in [0, 0.05) is 13.2 Å². The van der Waals surface area contributed by atoms with E-state index in [9.17, 15) is 8.42 Å². The highest BCUT2D eigenvalue weighted by molar-refractivity contribution is 7.91. The molecule has 0 radical (unpaired) electrons. The molecule has 0 saturated heterocycles. The summed E-state index contributed by atoms with van der Waals surface area (Å²) in [5, 5.41) is 11.8. The van der Waals surface area contributed by atoms with Gasteiger partial charge in [-0.05, 0) is 31.4 Å². The number of anilines is 1.